The highest BCUT2D eigenvalue weighted by Crippen LogP contribution is 2.22. The first kappa shape index (κ1) is 13.7. The maximum atomic E-state index is 10.9. The first-order valence-electron chi connectivity index (χ1n) is 6.01. The van der Waals surface area contributed by atoms with E-state index in [4.69, 9.17) is 9.52 Å². The quantitative estimate of drug-likeness (QED) is 0.895. The van der Waals surface area contributed by atoms with Crippen molar-refractivity contribution in [2.24, 2.45) is 0 Å². The molecule has 1 aromatic carbocycles. The van der Waals surface area contributed by atoms with Gasteiger partial charge in [0.1, 0.15) is 11.3 Å². The molecule has 0 radical (unpaired) electrons. The third kappa shape index (κ3) is 3.64. The van der Waals surface area contributed by atoms with Gasteiger partial charge in [-0.15, -0.1) is 11.8 Å². The van der Waals surface area contributed by atoms with Gasteiger partial charge >= 0.3 is 5.97 Å². The van der Waals surface area contributed by atoms with Gasteiger partial charge in [0.15, 0.2) is 0 Å². The second-order valence-corrected chi connectivity index (χ2v) is 5.54. The van der Waals surface area contributed by atoms with E-state index < -0.39 is 5.97 Å². The van der Waals surface area contributed by atoms with E-state index in [0.29, 0.717) is 11.5 Å². The minimum atomic E-state index is -0.934. The average Bonchev–Trinajstić information content (AvgIpc) is 2.76. The molecule has 1 heterocycles. The number of carbonyl (C=O) groups is 1. The molecule has 0 atom stereocenters. The van der Waals surface area contributed by atoms with Crippen molar-refractivity contribution in [3.63, 3.8) is 0 Å². The summed E-state index contributed by atoms with van der Waals surface area (Å²) >= 11 is 1.66. The van der Waals surface area contributed by atoms with Crippen molar-refractivity contribution < 1.29 is 14.3 Å². The maximum Gasteiger partial charge on any atom is 0.339 e. The Balaban J connectivity index is 1.96. The highest BCUT2D eigenvalue weighted by atomic mass is 32.2. The van der Waals surface area contributed by atoms with E-state index in [9.17, 15) is 4.79 Å². The van der Waals surface area contributed by atoms with Crippen LogP contribution in [0.3, 0.4) is 0 Å². The van der Waals surface area contributed by atoms with Crippen LogP contribution in [0.4, 0.5) is 0 Å². The molecule has 19 heavy (non-hydrogen) atoms. The fraction of sp³-hybridized carbons (Fsp3) is 0.267. The van der Waals surface area contributed by atoms with E-state index in [-0.39, 0.29) is 5.56 Å². The van der Waals surface area contributed by atoms with E-state index in [1.54, 1.807) is 11.8 Å². The minimum Gasteiger partial charge on any atom is -0.478 e. The molecule has 0 bridgehead atoms. The molecule has 0 aliphatic rings. The molecule has 1 N–H and O–H groups in total. The van der Waals surface area contributed by atoms with Gasteiger partial charge in [-0.3, -0.25) is 0 Å². The van der Waals surface area contributed by atoms with Gasteiger partial charge in [0.05, 0.1) is 12.0 Å². The van der Waals surface area contributed by atoms with Crippen LogP contribution in [-0.2, 0) is 11.5 Å². The number of hydrogen-bond acceptors (Lipinski definition) is 3. The molecule has 0 spiro atoms. The van der Waals surface area contributed by atoms with Gasteiger partial charge in [0.25, 0.3) is 0 Å². The molecular weight excluding hydrogens is 260 g/mol. The number of carboxylic acids is 1. The lowest BCUT2D eigenvalue weighted by Gasteiger charge is -2.04. The van der Waals surface area contributed by atoms with Gasteiger partial charge in [-0.05, 0) is 25.5 Å². The molecule has 0 aliphatic heterocycles. The summed E-state index contributed by atoms with van der Waals surface area (Å²) in [6.07, 6.45) is 1.43. The number of thioether (sulfide) groups is 1. The van der Waals surface area contributed by atoms with Crippen molar-refractivity contribution in [2.45, 2.75) is 25.4 Å². The molecule has 4 heteroatoms. The molecule has 0 amide bonds. The average molecular weight is 276 g/mol. The fourth-order valence-electron chi connectivity index (χ4n) is 2.06. The van der Waals surface area contributed by atoms with Crippen LogP contribution in [0.1, 0.15) is 32.8 Å². The topological polar surface area (TPSA) is 50.4 Å². The van der Waals surface area contributed by atoms with E-state index in [1.165, 1.54) is 29.0 Å². The lowest BCUT2D eigenvalue weighted by molar-refractivity contribution is 0.0695. The Morgan fingerprint density at radius 1 is 1.21 bits per heavy atom. The molecule has 0 fully saturated rings. The van der Waals surface area contributed by atoms with E-state index in [2.05, 4.69) is 32.0 Å². The second kappa shape index (κ2) is 5.97. The number of benzene rings is 1. The Morgan fingerprint density at radius 2 is 1.89 bits per heavy atom. The van der Waals surface area contributed by atoms with Crippen molar-refractivity contribution in [1.82, 2.24) is 0 Å². The standard InChI is InChI=1S/C15H16O3S/c1-10-5-11(2)7-12(6-10)8-19-9-14-13(15(16)17)3-4-18-14/h3-7H,8-9H2,1-2H3,(H,16,17). The molecule has 2 rings (SSSR count). The molecule has 1 aromatic heterocycles. The lowest BCUT2D eigenvalue weighted by Crippen LogP contribution is -1.97. The third-order valence-corrected chi connectivity index (χ3v) is 3.76. The predicted molar refractivity (Wildman–Crippen MR) is 76.6 cm³/mol. The summed E-state index contributed by atoms with van der Waals surface area (Å²) in [6.45, 7) is 4.16. The third-order valence-electron chi connectivity index (χ3n) is 2.76. The molecule has 3 nitrogen and oxygen atoms in total. The lowest BCUT2D eigenvalue weighted by atomic mass is 10.1. The number of rotatable bonds is 5. The summed E-state index contributed by atoms with van der Waals surface area (Å²) in [7, 11) is 0. The van der Waals surface area contributed by atoms with Crippen molar-refractivity contribution >= 4 is 17.7 Å². The fourth-order valence-corrected chi connectivity index (χ4v) is 2.97. The Labute approximate surface area is 116 Å². The minimum absolute atomic E-state index is 0.257. The van der Waals surface area contributed by atoms with Crippen LogP contribution in [0.15, 0.2) is 34.9 Å². The zero-order valence-electron chi connectivity index (χ0n) is 11.0. The van der Waals surface area contributed by atoms with Crippen LogP contribution >= 0.6 is 11.8 Å². The molecular formula is C15H16O3S. The van der Waals surface area contributed by atoms with Crippen molar-refractivity contribution in [3.05, 3.63) is 58.5 Å². The molecule has 0 saturated heterocycles. The maximum absolute atomic E-state index is 10.9. The van der Waals surface area contributed by atoms with Crippen molar-refractivity contribution in [1.29, 1.82) is 0 Å². The van der Waals surface area contributed by atoms with E-state index >= 15 is 0 Å². The Kier molecular flexibility index (Phi) is 4.32. The Morgan fingerprint density at radius 3 is 2.53 bits per heavy atom. The highest BCUT2D eigenvalue weighted by Gasteiger charge is 2.12. The molecule has 0 aliphatic carbocycles. The normalized spacial score (nSPS) is 10.6. The van der Waals surface area contributed by atoms with Crippen LogP contribution in [0, 0.1) is 13.8 Å². The number of aryl methyl sites for hydroxylation is 2. The first-order valence-corrected chi connectivity index (χ1v) is 7.16. The zero-order chi connectivity index (χ0) is 13.8. The summed E-state index contributed by atoms with van der Waals surface area (Å²) in [5.74, 6) is 1.02. The molecule has 2 aromatic rings. The Hall–Kier alpha value is -1.68. The van der Waals surface area contributed by atoms with Crippen LogP contribution in [0.25, 0.3) is 0 Å². The van der Waals surface area contributed by atoms with Crippen LogP contribution in [0.5, 0.6) is 0 Å². The van der Waals surface area contributed by atoms with Gasteiger partial charge in [0, 0.05) is 5.75 Å². The first-order chi connectivity index (χ1) is 9.06. The van der Waals surface area contributed by atoms with Crippen LogP contribution in [-0.4, -0.2) is 11.1 Å². The van der Waals surface area contributed by atoms with Crippen LogP contribution in [0.2, 0.25) is 0 Å². The van der Waals surface area contributed by atoms with E-state index in [0.717, 1.165) is 5.75 Å². The zero-order valence-corrected chi connectivity index (χ0v) is 11.8. The predicted octanol–water partition coefficient (Wildman–Crippen LogP) is 4.03. The smallest absolute Gasteiger partial charge is 0.339 e. The molecule has 0 unspecified atom stereocenters. The summed E-state index contributed by atoms with van der Waals surface area (Å²) in [5.41, 5.74) is 4.01. The molecule has 0 saturated carbocycles. The van der Waals surface area contributed by atoms with Gasteiger partial charge in [-0.2, -0.15) is 0 Å². The second-order valence-electron chi connectivity index (χ2n) is 4.55. The summed E-state index contributed by atoms with van der Waals surface area (Å²) in [4.78, 5) is 10.9. The number of furan rings is 1. The number of aromatic carboxylic acids is 1. The van der Waals surface area contributed by atoms with Crippen molar-refractivity contribution in [2.75, 3.05) is 0 Å². The summed E-state index contributed by atoms with van der Waals surface area (Å²) in [6, 6.07) is 7.94. The van der Waals surface area contributed by atoms with Gasteiger partial charge in [-0.1, -0.05) is 29.3 Å². The Bertz CT molecular complexity index is 567. The van der Waals surface area contributed by atoms with E-state index in [1.807, 2.05) is 0 Å². The van der Waals surface area contributed by atoms with Crippen LogP contribution < -0.4 is 0 Å². The monoisotopic (exact) mass is 276 g/mol. The van der Waals surface area contributed by atoms with Gasteiger partial charge in [-0.25, -0.2) is 4.79 Å². The summed E-state index contributed by atoms with van der Waals surface area (Å²) < 4.78 is 5.21. The highest BCUT2D eigenvalue weighted by molar-refractivity contribution is 7.97. The van der Waals surface area contributed by atoms with Crippen molar-refractivity contribution in [3.8, 4) is 0 Å². The van der Waals surface area contributed by atoms with Gasteiger partial charge in [0.2, 0.25) is 0 Å². The van der Waals surface area contributed by atoms with Gasteiger partial charge < -0.3 is 9.52 Å². The largest absolute Gasteiger partial charge is 0.478 e. The SMILES string of the molecule is Cc1cc(C)cc(CSCc2occc2C(=O)O)c1. The molecule has 100 valence electrons. The summed E-state index contributed by atoms with van der Waals surface area (Å²) in [5, 5.41) is 8.97. The number of hydrogen-bond donors (Lipinski definition) is 1. The number of carboxylic acid groups (broad SMARTS) is 1.